The molecule has 2 rings (SSSR count). The van der Waals surface area contributed by atoms with Crippen LogP contribution in [0.5, 0.6) is 0 Å². The minimum Gasteiger partial charge on any atom is -0.378 e. The van der Waals surface area contributed by atoms with E-state index < -0.39 is 4.92 Å². The lowest BCUT2D eigenvalue weighted by atomic mass is 10.2. The van der Waals surface area contributed by atoms with Gasteiger partial charge in [0, 0.05) is 24.8 Å². The summed E-state index contributed by atoms with van der Waals surface area (Å²) in [7, 11) is 1.56. The van der Waals surface area contributed by atoms with Crippen LogP contribution in [-0.2, 0) is 11.3 Å². The first-order chi connectivity index (χ1) is 9.10. The third-order valence-corrected chi connectivity index (χ3v) is 2.57. The lowest BCUT2D eigenvalue weighted by Gasteiger charge is -2.04. The monoisotopic (exact) mass is 279 g/mol. The second kappa shape index (κ2) is 5.73. The lowest BCUT2D eigenvalue weighted by Crippen LogP contribution is -1.97. The molecule has 1 aromatic carbocycles. The highest BCUT2D eigenvalue weighted by molar-refractivity contribution is 6.29. The van der Waals surface area contributed by atoms with E-state index in [0.717, 1.165) is 0 Å². The predicted octanol–water partition coefficient (Wildman–Crippen LogP) is 2.85. The number of halogens is 1. The van der Waals surface area contributed by atoms with Gasteiger partial charge in [-0.05, 0) is 18.2 Å². The first kappa shape index (κ1) is 13.4. The van der Waals surface area contributed by atoms with Crippen molar-refractivity contribution in [2.24, 2.45) is 0 Å². The first-order valence-corrected chi connectivity index (χ1v) is 5.75. The summed E-state index contributed by atoms with van der Waals surface area (Å²) < 4.78 is 4.99. The van der Waals surface area contributed by atoms with Crippen molar-refractivity contribution in [1.82, 2.24) is 9.97 Å². The van der Waals surface area contributed by atoms with Crippen molar-refractivity contribution in [3.05, 3.63) is 51.3 Å². The van der Waals surface area contributed by atoms with Crippen LogP contribution in [0.15, 0.2) is 30.3 Å². The Labute approximate surface area is 114 Å². The van der Waals surface area contributed by atoms with Crippen molar-refractivity contribution in [1.29, 1.82) is 0 Å². The Morgan fingerprint density at radius 2 is 2.00 bits per heavy atom. The zero-order valence-electron chi connectivity index (χ0n) is 10.0. The largest absolute Gasteiger partial charge is 0.378 e. The van der Waals surface area contributed by atoms with Gasteiger partial charge >= 0.3 is 0 Å². The maximum atomic E-state index is 10.6. The number of ether oxygens (including phenoxy) is 1. The van der Waals surface area contributed by atoms with Gasteiger partial charge in [0.2, 0.25) is 0 Å². The molecule has 2 aromatic rings. The number of hydrogen-bond acceptors (Lipinski definition) is 5. The van der Waals surface area contributed by atoms with Crippen molar-refractivity contribution < 1.29 is 9.66 Å². The predicted molar refractivity (Wildman–Crippen MR) is 69.8 cm³/mol. The Kier molecular flexibility index (Phi) is 4.03. The molecule has 0 amide bonds. The highest BCUT2D eigenvalue weighted by Gasteiger charge is 2.09. The van der Waals surface area contributed by atoms with Crippen LogP contribution in [0.3, 0.4) is 0 Å². The molecule has 0 aliphatic heterocycles. The molecular weight excluding hydrogens is 270 g/mol. The third-order valence-electron chi connectivity index (χ3n) is 2.38. The van der Waals surface area contributed by atoms with Crippen LogP contribution in [-0.4, -0.2) is 22.0 Å². The molecule has 6 nitrogen and oxygen atoms in total. The summed E-state index contributed by atoms with van der Waals surface area (Å²) in [6.45, 7) is 0.322. The molecule has 0 saturated carbocycles. The van der Waals surface area contributed by atoms with Gasteiger partial charge < -0.3 is 4.74 Å². The zero-order valence-corrected chi connectivity index (χ0v) is 10.8. The van der Waals surface area contributed by atoms with E-state index in [1.165, 1.54) is 12.1 Å². The van der Waals surface area contributed by atoms with Gasteiger partial charge in [0.05, 0.1) is 17.2 Å². The normalized spacial score (nSPS) is 10.4. The fourth-order valence-corrected chi connectivity index (χ4v) is 1.75. The number of nitrogens with zero attached hydrogens (tertiary/aromatic N) is 3. The Balaban J connectivity index is 2.37. The van der Waals surface area contributed by atoms with Crippen LogP contribution < -0.4 is 0 Å². The van der Waals surface area contributed by atoms with E-state index in [-0.39, 0.29) is 5.69 Å². The minimum absolute atomic E-state index is 0.0166. The first-order valence-electron chi connectivity index (χ1n) is 5.37. The van der Waals surface area contributed by atoms with E-state index in [9.17, 15) is 10.1 Å². The van der Waals surface area contributed by atoms with Crippen LogP contribution in [0.1, 0.15) is 5.69 Å². The maximum absolute atomic E-state index is 10.6. The molecular formula is C12H10ClN3O3. The molecule has 1 heterocycles. The van der Waals surface area contributed by atoms with Gasteiger partial charge in [-0.3, -0.25) is 10.1 Å². The van der Waals surface area contributed by atoms with Crippen molar-refractivity contribution in [2.75, 3.05) is 7.11 Å². The van der Waals surface area contributed by atoms with Gasteiger partial charge in [0.25, 0.3) is 5.69 Å². The Morgan fingerprint density at radius 3 is 2.58 bits per heavy atom. The molecule has 0 bridgehead atoms. The fraction of sp³-hybridized carbons (Fsp3) is 0.167. The molecule has 1 aromatic heterocycles. The van der Waals surface area contributed by atoms with E-state index in [4.69, 9.17) is 16.3 Å². The van der Waals surface area contributed by atoms with Crippen molar-refractivity contribution in [3.63, 3.8) is 0 Å². The SMILES string of the molecule is COCc1cc(Cl)nc(-c2ccc([N+](=O)[O-])cc2)n1. The summed E-state index contributed by atoms with van der Waals surface area (Å²) in [5, 5.41) is 10.9. The fourth-order valence-electron chi connectivity index (χ4n) is 1.55. The number of nitro groups is 1. The molecule has 0 aliphatic carbocycles. The molecule has 0 saturated heterocycles. The zero-order chi connectivity index (χ0) is 13.8. The van der Waals surface area contributed by atoms with Gasteiger partial charge in [-0.1, -0.05) is 11.6 Å². The summed E-state index contributed by atoms with van der Waals surface area (Å²) in [4.78, 5) is 18.5. The highest BCUT2D eigenvalue weighted by Crippen LogP contribution is 2.21. The van der Waals surface area contributed by atoms with E-state index in [1.54, 1.807) is 25.3 Å². The van der Waals surface area contributed by atoms with Gasteiger partial charge in [-0.15, -0.1) is 0 Å². The average Bonchev–Trinajstić information content (AvgIpc) is 2.38. The summed E-state index contributed by atoms with van der Waals surface area (Å²) in [6.07, 6.45) is 0. The molecule has 0 N–H and O–H groups in total. The lowest BCUT2D eigenvalue weighted by molar-refractivity contribution is -0.384. The van der Waals surface area contributed by atoms with E-state index in [1.807, 2.05) is 0 Å². The van der Waals surface area contributed by atoms with Gasteiger partial charge in [0.1, 0.15) is 5.15 Å². The Hall–Kier alpha value is -2.05. The van der Waals surface area contributed by atoms with Gasteiger partial charge in [-0.25, -0.2) is 9.97 Å². The average molecular weight is 280 g/mol. The summed E-state index contributed by atoms with van der Waals surface area (Å²) >= 11 is 5.90. The van der Waals surface area contributed by atoms with Gasteiger partial charge in [-0.2, -0.15) is 0 Å². The number of nitro benzene ring substituents is 1. The number of benzene rings is 1. The van der Waals surface area contributed by atoms with Crippen molar-refractivity contribution in [3.8, 4) is 11.4 Å². The molecule has 19 heavy (non-hydrogen) atoms. The summed E-state index contributed by atoms with van der Waals surface area (Å²) in [5.41, 5.74) is 1.32. The molecule has 0 radical (unpaired) electrons. The molecule has 98 valence electrons. The smallest absolute Gasteiger partial charge is 0.269 e. The molecule has 0 aliphatic rings. The van der Waals surface area contributed by atoms with E-state index in [2.05, 4.69) is 9.97 Å². The molecule has 0 atom stereocenters. The van der Waals surface area contributed by atoms with E-state index >= 15 is 0 Å². The topological polar surface area (TPSA) is 78.2 Å². The van der Waals surface area contributed by atoms with Crippen LogP contribution in [0.4, 0.5) is 5.69 Å². The maximum Gasteiger partial charge on any atom is 0.269 e. The number of aromatic nitrogens is 2. The number of rotatable bonds is 4. The van der Waals surface area contributed by atoms with Crippen LogP contribution >= 0.6 is 11.6 Å². The molecule has 7 heteroatoms. The number of non-ortho nitro benzene ring substituents is 1. The standard InChI is InChI=1S/C12H10ClN3O3/c1-19-7-9-6-11(13)15-12(14-9)8-2-4-10(5-3-8)16(17)18/h2-6H,7H2,1H3. The van der Waals surface area contributed by atoms with Crippen LogP contribution in [0, 0.1) is 10.1 Å². The van der Waals surface area contributed by atoms with Gasteiger partial charge in [0.15, 0.2) is 5.82 Å². The van der Waals surface area contributed by atoms with E-state index in [0.29, 0.717) is 28.8 Å². The second-order valence-electron chi connectivity index (χ2n) is 3.74. The summed E-state index contributed by atoms with van der Waals surface area (Å²) in [6, 6.07) is 7.58. The molecule has 0 fully saturated rings. The quantitative estimate of drug-likeness (QED) is 0.488. The number of methoxy groups -OCH3 is 1. The van der Waals surface area contributed by atoms with Crippen molar-refractivity contribution in [2.45, 2.75) is 6.61 Å². The van der Waals surface area contributed by atoms with Crippen LogP contribution in [0.25, 0.3) is 11.4 Å². The molecule has 0 unspecified atom stereocenters. The summed E-state index contributed by atoms with van der Waals surface area (Å²) in [5.74, 6) is 0.412. The van der Waals surface area contributed by atoms with Crippen LogP contribution in [0.2, 0.25) is 5.15 Å². The second-order valence-corrected chi connectivity index (χ2v) is 4.13. The minimum atomic E-state index is -0.459. The third kappa shape index (κ3) is 3.24. The Bertz CT molecular complexity index is 602. The number of hydrogen-bond donors (Lipinski definition) is 0. The molecule has 0 spiro atoms. The highest BCUT2D eigenvalue weighted by atomic mass is 35.5. The van der Waals surface area contributed by atoms with Crippen molar-refractivity contribution >= 4 is 17.3 Å². The Morgan fingerprint density at radius 1 is 1.32 bits per heavy atom.